The molecule has 0 aromatic carbocycles. The van der Waals surface area contributed by atoms with E-state index in [0.29, 0.717) is 0 Å². The molecular weight excluding hydrogens is 439 g/mol. The molecule has 0 saturated carbocycles. The lowest BCUT2D eigenvalue weighted by Crippen LogP contribution is -2.33. The highest BCUT2D eigenvalue weighted by Crippen LogP contribution is 2.45. The third-order valence-corrected chi connectivity index (χ3v) is 4.32. The van der Waals surface area contributed by atoms with Crippen molar-refractivity contribution in [1.82, 2.24) is 0 Å². The fraction of sp³-hybridized carbons (Fsp3) is 1.00. The van der Waals surface area contributed by atoms with Crippen molar-refractivity contribution < 1.29 is 13.2 Å². The van der Waals surface area contributed by atoms with Crippen LogP contribution in [0, 0.1) is 0 Å². The van der Waals surface area contributed by atoms with Gasteiger partial charge in [-0.05, 0) is 22.6 Å². The van der Waals surface area contributed by atoms with Gasteiger partial charge in [0.15, 0.2) is 0 Å². The van der Waals surface area contributed by atoms with Gasteiger partial charge in [0.1, 0.15) is 0 Å². The molecule has 0 nitrogen and oxygen atoms in total. The fourth-order valence-electron chi connectivity index (χ4n) is 0.260. The Bertz CT molecular complexity index is 112. The second-order valence-electron chi connectivity index (χ2n) is 1.64. The van der Waals surface area contributed by atoms with Crippen molar-refractivity contribution in [1.29, 1.82) is 0 Å². The van der Waals surface area contributed by atoms with Crippen LogP contribution in [0.4, 0.5) is 13.2 Å². The predicted octanol–water partition coefficient (Wildman–Crippen LogP) is 3.90. The minimum Gasteiger partial charge on any atom is -0.225 e. The smallest absolute Gasteiger partial charge is 0.225 e. The van der Waals surface area contributed by atoms with Crippen molar-refractivity contribution in [2.45, 2.75) is 14.0 Å². The van der Waals surface area contributed by atoms with Crippen LogP contribution >= 0.6 is 61.1 Å². The first-order valence-corrected chi connectivity index (χ1v) is 5.59. The minimum absolute atomic E-state index is 0.191. The maximum Gasteiger partial charge on any atom is 0.338 e. The van der Waals surface area contributed by atoms with Crippen molar-refractivity contribution in [2.75, 3.05) is 5.33 Å². The summed E-state index contributed by atoms with van der Waals surface area (Å²) in [6.45, 7) is 0. The van der Waals surface area contributed by atoms with Gasteiger partial charge in [0.05, 0.1) is 0 Å². The van der Waals surface area contributed by atoms with Gasteiger partial charge in [0, 0.05) is 34.3 Å². The summed E-state index contributed by atoms with van der Waals surface area (Å²) < 4.78 is 31.6. The monoisotopic (exact) mass is 442 g/mol. The first-order valence-electron chi connectivity index (χ1n) is 2.32. The molecule has 62 valence electrons. The molecule has 1 atom stereocenters. The first kappa shape index (κ1) is 11.7. The number of rotatable bonds is 3. The minimum atomic E-state index is -3.29. The Hall–Kier alpha value is 1.73. The average molecular weight is 443 g/mol. The predicted molar refractivity (Wildman–Crippen MR) is 55.2 cm³/mol. The lowest BCUT2D eigenvalue weighted by Gasteiger charge is -2.22. The van der Waals surface area contributed by atoms with Gasteiger partial charge in [-0.1, -0.05) is 15.9 Å². The second kappa shape index (κ2) is 4.11. The van der Waals surface area contributed by atoms with E-state index in [-0.39, 0.29) is 11.8 Å². The highest BCUT2D eigenvalue weighted by Gasteiger charge is 2.50. The van der Waals surface area contributed by atoms with Crippen molar-refractivity contribution in [3.05, 3.63) is 0 Å². The van der Waals surface area contributed by atoms with Crippen LogP contribution in [0.5, 0.6) is 0 Å². The van der Waals surface area contributed by atoms with Crippen LogP contribution in [0.15, 0.2) is 0 Å². The van der Waals surface area contributed by atoms with Gasteiger partial charge < -0.3 is 0 Å². The first-order chi connectivity index (χ1) is 4.31. The fourth-order valence-corrected chi connectivity index (χ4v) is 2.09. The molecule has 10 heavy (non-hydrogen) atoms. The Kier molecular flexibility index (Phi) is 4.82. The molecule has 0 amide bonds. The second-order valence-corrected chi connectivity index (χ2v) is 5.50. The van der Waals surface area contributed by atoms with Crippen LogP contribution in [0.2, 0.25) is 0 Å². The quantitative estimate of drug-likeness (QED) is 0.459. The third kappa shape index (κ3) is 3.42. The van der Waals surface area contributed by atoms with E-state index in [9.17, 15) is 13.2 Å². The van der Waals surface area contributed by atoms with Gasteiger partial charge in [-0.15, -0.1) is 0 Å². The molecule has 0 spiro atoms. The van der Waals surface area contributed by atoms with Gasteiger partial charge in [-0.3, -0.25) is 0 Å². The summed E-state index contributed by atoms with van der Waals surface area (Å²) in [4.78, 5) is 0. The van der Waals surface area contributed by atoms with E-state index in [1.165, 1.54) is 0 Å². The maximum absolute atomic E-state index is 12.8. The van der Waals surface area contributed by atoms with Gasteiger partial charge in [-0.2, -0.15) is 8.78 Å². The Balaban J connectivity index is 4.10. The molecule has 0 aromatic rings. The molecule has 1 unspecified atom stereocenters. The molecule has 0 fully saturated rings. The van der Waals surface area contributed by atoms with Crippen molar-refractivity contribution >= 4 is 61.1 Å². The summed E-state index contributed by atoms with van der Waals surface area (Å²) in [5.74, 6) is 0. The Morgan fingerprint density at radius 1 is 1.20 bits per heavy atom. The summed E-state index contributed by atoms with van der Waals surface area (Å²) in [6, 6.07) is 0. The van der Waals surface area contributed by atoms with E-state index >= 15 is 0 Å². The number of alkyl halides is 6. The zero-order valence-corrected chi connectivity index (χ0v) is 10.6. The largest absolute Gasteiger partial charge is 0.338 e. The van der Waals surface area contributed by atoms with Gasteiger partial charge >= 0.3 is 3.93 Å². The van der Waals surface area contributed by atoms with Crippen molar-refractivity contribution in [2.24, 2.45) is 0 Å². The van der Waals surface area contributed by atoms with Crippen LogP contribution < -0.4 is 0 Å². The molecule has 0 heterocycles. The van der Waals surface area contributed by atoms with E-state index in [4.69, 9.17) is 0 Å². The summed E-state index contributed by atoms with van der Waals surface area (Å²) >= 11 is 4.83. The Morgan fingerprint density at radius 3 is 1.70 bits per heavy atom. The zero-order valence-electron chi connectivity index (χ0n) is 4.68. The average Bonchev–Trinajstić information content (AvgIpc) is 1.61. The standard InChI is InChI=1S/C4H4BrF3I2/c5-2-1-3(6,9)4(7,8)10/h1-2H2. The molecule has 0 aliphatic heterocycles. The van der Waals surface area contributed by atoms with E-state index in [0.717, 1.165) is 45.2 Å². The summed E-state index contributed by atoms with van der Waals surface area (Å²) in [5, 5.41) is 0.241. The third-order valence-electron chi connectivity index (χ3n) is 0.823. The molecule has 0 saturated heterocycles. The summed E-state index contributed by atoms with van der Waals surface area (Å²) in [5.41, 5.74) is 0. The van der Waals surface area contributed by atoms with Gasteiger partial charge in [0.25, 0.3) is 0 Å². The van der Waals surface area contributed by atoms with E-state index in [1.807, 2.05) is 0 Å². The zero-order chi connectivity index (χ0) is 8.41. The molecular formula is C4H4BrF3I2. The molecule has 0 bridgehead atoms. The van der Waals surface area contributed by atoms with Crippen LogP contribution in [-0.2, 0) is 0 Å². The Morgan fingerprint density at radius 2 is 1.60 bits per heavy atom. The number of hydrogen-bond acceptors (Lipinski definition) is 0. The van der Waals surface area contributed by atoms with Crippen molar-refractivity contribution in [3.8, 4) is 0 Å². The molecule has 0 rings (SSSR count). The van der Waals surface area contributed by atoms with Crippen LogP contribution in [0.3, 0.4) is 0 Å². The molecule has 0 N–H and O–H groups in total. The molecule has 0 aromatic heterocycles. The lowest BCUT2D eigenvalue weighted by atomic mass is 10.3. The molecule has 0 radical (unpaired) electrons. The molecule has 0 aliphatic rings. The van der Waals surface area contributed by atoms with E-state index < -0.39 is 7.60 Å². The number of halogens is 6. The maximum atomic E-state index is 12.8. The molecule has 0 aliphatic carbocycles. The normalized spacial score (nSPS) is 18.6. The SMILES string of the molecule is FC(F)(I)C(F)(I)CCBr. The summed E-state index contributed by atoms with van der Waals surface area (Å²) in [6.07, 6.45) is -0.191. The summed E-state index contributed by atoms with van der Waals surface area (Å²) in [7, 11) is 0. The highest BCUT2D eigenvalue weighted by molar-refractivity contribution is 14.1. The topological polar surface area (TPSA) is 0 Å². The van der Waals surface area contributed by atoms with Gasteiger partial charge in [0.2, 0.25) is 3.68 Å². The van der Waals surface area contributed by atoms with Crippen LogP contribution in [0.1, 0.15) is 6.42 Å². The van der Waals surface area contributed by atoms with E-state index in [2.05, 4.69) is 15.9 Å². The molecule has 6 heteroatoms. The van der Waals surface area contributed by atoms with Crippen molar-refractivity contribution in [3.63, 3.8) is 0 Å². The number of hydrogen-bond donors (Lipinski definition) is 0. The van der Waals surface area contributed by atoms with Gasteiger partial charge in [-0.25, -0.2) is 4.39 Å². The Labute approximate surface area is 92.7 Å². The lowest BCUT2D eigenvalue weighted by molar-refractivity contribution is 0.0204. The van der Waals surface area contributed by atoms with Crippen LogP contribution in [-0.4, -0.2) is 12.9 Å². The van der Waals surface area contributed by atoms with E-state index in [1.54, 1.807) is 0 Å². The van der Waals surface area contributed by atoms with Crippen LogP contribution in [0.25, 0.3) is 0 Å². The highest BCUT2D eigenvalue weighted by atomic mass is 127.